The number of aromatic nitrogens is 2. The molecule has 108 valence electrons. The Labute approximate surface area is 119 Å². The van der Waals surface area contributed by atoms with Crippen LogP contribution in [0.15, 0.2) is 24.3 Å². The van der Waals surface area contributed by atoms with Crippen molar-refractivity contribution in [2.75, 3.05) is 30.9 Å². The van der Waals surface area contributed by atoms with E-state index in [4.69, 9.17) is 4.74 Å². The van der Waals surface area contributed by atoms with E-state index in [2.05, 4.69) is 34.4 Å². The molecule has 2 rings (SSSR count). The summed E-state index contributed by atoms with van der Waals surface area (Å²) in [5.74, 6) is 1.47. The molecule has 0 aliphatic heterocycles. The number of anilines is 2. The predicted molar refractivity (Wildman–Crippen MR) is 83.3 cm³/mol. The molecule has 0 atom stereocenters. The highest BCUT2D eigenvalue weighted by molar-refractivity contribution is 5.90. The molecule has 0 saturated heterocycles. The first-order valence-electron chi connectivity index (χ1n) is 6.83. The number of nitrogens with zero attached hydrogens (tertiary/aromatic N) is 2. The van der Waals surface area contributed by atoms with Gasteiger partial charge in [0.1, 0.15) is 5.82 Å². The second kappa shape index (κ2) is 6.05. The molecule has 0 aliphatic rings. The summed E-state index contributed by atoms with van der Waals surface area (Å²) < 4.78 is 5.25. The maximum atomic E-state index is 5.25. The Kier molecular flexibility index (Phi) is 4.39. The number of nitrogens with one attached hydrogen (secondary N) is 2. The minimum absolute atomic E-state index is 0.199. The molecule has 0 bridgehead atoms. The minimum atomic E-state index is -0.199. The van der Waals surface area contributed by atoms with Gasteiger partial charge >= 0.3 is 0 Å². The highest BCUT2D eigenvalue weighted by Gasteiger charge is 2.19. The van der Waals surface area contributed by atoms with Gasteiger partial charge in [-0.25, -0.2) is 4.98 Å². The molecule has 0 spiro atoms. The first-order valence-corrected chi connectivity index (χ1v) is 6.83. The van der Waals surface area contributed by atoms with Crippen LogP contribution in [0.5, 0.6) is 0 Å². The van der Waals surface area contributed by atoms with Crippen molar-refractivity contribution < 1.29 is 4.74 Å². The Morgan fingerprint density at radius 3 is 2.65 bits per heavy atom. The van der Waals surface area contributed by atoms with Crippen LogP contribution in [0.2, 0.25) is 0 Å². The number of rotatable bonds is 6. The molecule has 2 N–H and O–H groups in total. The lowest BCUT2D eigenvalue weighted by Gasteiger charge is -2.26. The first-order chi connectivity index (χ1) is 9.55. The van der Waals surface area contributed by atoms with E-state index in [0.29, 0.717) is 12.6 Å². The molecule has 2 aromatic rings. The third-order valence-electron chi connectivity index (χ3n) is 2.90. The smallest absolute Gasteiger partial charge is 0.225 e. The van der Waals surface area contributed by atoms with Gasteiger partial charge in [0.05, 0.1) is 17.7 Å². The van der Waals surface area contributed by atoms with Crippen LogP contribution in [-0.2, 0) is 4.74 Å². The molecular formula is C15H22N4O. The lowest BCUT2D eigenvalue weighted by Crippen LogP contribution is -2.36. The fourth-order valence-electron chi connectivity index (χ4n) is 2.13. The zero-order valence-electron chi connectivity index (χ0n) is 12.5. The van der Waals surface area contributed by atoms with Gasteiger partial charge in [-0.2, -0.15) is 4.98 Å². The summed E-state index contributed by atoms with van der Waals surface area (Å²) in [7, 11) is 1.70. The summed E-state index contributed by atoms with van der Waals surface area (Å²) >= 11 is 0. The standard InChI is InChI=1S/C15H22N4O/c1-5-16-14-17-12-9-7-6-8-11(12)13(18-14)19-15(2,3)10-20-4/h6-9H,5,10H2,1-4H3,(H2,16,17,18,19). The van der Waals surface area contributed by atoms with Crippen molar-refractivity contribution in [3.63, 3.8) is 0 Å². The molecule has 20 heavy (non-hydrogen) atoms. The Morgan fingerprint density at radius 2 is 1.95 bits per heavy atom. The van der Waals surface area contributed by atoms with E-state index in [1.165, 1.54) is 0 Å². The summed E-state index contributed by atoms with van der Waals surface area (Å²) in [4.78, 5) is 9.08. The number of hydrogen-bond donors (Lipinski definition) is 2. The quantitative estimate of drug-likeness (QED) is 0.848. The molecule has 0 saturated carbocycles. The van der Waals surface area contributed by atoms with E-state index in [1.807, 2.05) is 31.2 Å². The van der Waals surface area contributed by atoms with Crippen LogP contribution in [0.3, 0.4) is 0 Å². The van der Waals surface area contributed by atoms with Crippen LogP contribution in [0, 0.1) is 0 Å². The maximum absolute atomic E-state index is 5.25. The highest BCUT2D eigenvalue weighted by Crippen LogP contribution is 2.24. The van der Waals surface area contributed by atoms with E-state index < -0.39 is 0 Å². The molecule has 0 radical (unpaired) electrons. The van der Waals surface area contributed by atoms with E-state index >= 15 is 0 Å². The van der Waals surface area contributed by atoms with Crippen molar-refractivity contribution in [1.82, 2.24) is 9.97 Å². The van der Waals surface area contributed by atoms with E-state index in [9.17, 15) is 0 Å². The van der Waals surface area contributed by atoms with Crippen molar-refractivity contribution in [1.29, 1.82) is 0 Å². The van der Waals surface area contributed by atoms with Gasteiger partial charge in [0.15, 0.2) is 0 Å². The highest BCUT2D eigenvalue weighted by atomic mass is 16.5. The molecule has 1 aromatic carbocycles. The number of fused-ring (bicyclic) bond motifs is 1. The van der Waals surface area contributed by atoms with Crippen molar-refractivity contribution in [3.05, 3.63) is 24.3 Å². The third-order valence-corrected chi connectivity index (χ3v) is 2.90. The van der Waals surface area contributed by atoms with Crippen molar-refractivity contribution in [2.24, 2.45) is 0 Å². The van der Waals surface area contributed by atoms with Gasteiger partial charge in [-0.1, -0.05) is 12.1 Å². The molecule has 5 heteroatoms. The Balaban J connectivity index is 2.44. The molecule has 0 unspecified atom stereocenters. The Morgan fingerprint density at radius 1 is 1.20 bits per heavy atom. The Bertz CT molecular complexity index is 583. The SMILES string of the molecule is CCNc1nc(NC(C)(C)COC)c2ccccc2n1. The summed E-state index contributed by atoms with van der Waals surface area (Å²) in [6, 6.07) is 7.99. The van der Waals surface area contributed by atoms with Crippen LogP contribution in [0.4, 0.5) is 11.8 Å². The number of benzene rings is 1. The van der Waals surface area contributed by atoms with Gasteiger partial charge in [0, 0.05) is 19.0 Å². The average molecular weight is 274 g/mol. The lowest BCUT2D eigenvalue weighted by atomic mass is 10.1. The average Bonchev–Trinajstić information content (AvgIpc) is 2.38. The number of methoxy groups -OCH3 is 1. The Hall–Kier alpha value is -1.88. The van der Waals surface area contributed by atoms with Gasteiger partial charge < -0.3 is 15.4 Å². The molecule has 1 aromatic heterocycles. The fourth-order valence-corrected chi connectivity index (χ4v) is 2.13. The molecule has 0 amide bonds. The van der Waals surface area contributed by atoms with Crippen molar-refractivity contribution >= 4 is 22.7 Å². The molecule has 0 fully saturated rings. The van der Waals surface area contributed by atoms with Crippen LogP contribution >= 0.6 is 0 Å². The summed E-state index contributed by atoms with van der Waals surface area (Å²) in [5.41, 5.74) is 0.726. The van der Waals surface area contributed by atoms with Crippen LogP contribution in [0.25, 0.3) is 10.9 Å². The molecule has 0 aliphatic carbocycles. The second-order valence-electron chi connectivity index (χ2n) is 5.39. The van der Waals surface area contributed by atoms with Crippen molar-refractivity contribution in [2.45, 2.75) is 26.3 Å². The van der Waals surface area contributed by atoms with Crippen LogP contribution < -0.4 is 10.6 Å². The summed E-state index contributed by atoms with van der Waals surface area (Å²) in [5, 5.41) is 7.62. The van der Waals surface area contributed by atoms with Gasteiger partial charge in [-0.15, -0.1) is 0 Å². The minimum Gasteiger partial charge on any atom is -0.382 e. The molecular weight excluding hydrogens is 252 g/mol. The van der Waals surface area contributed by atoms with Gasteiger partial charge in [-0.05, 0) is 32.9 Å². The van der Waals surface area contributed by atoms with Gasteiger partial charge in [0.25, 0.3) is 0 Å². The number of para-hydroxylation sites is 1. The van der Waals surface area contributed by atoms with Gasteiger partial charge in [0.2, 0.25) is 5.95 Å². The fraction of sp³-hybridized carbons (Fsp3) is 0.467. The normalized spacial score (nSPS) is 11.6. The van der Waals surface area contributed by atoms with Crippen LogP contribution in [-0.4, -0.2) is 35.8 Å². The topological polar surface area (TPSA) is 59.1 Å². The second-order valence-corrected chi connectivity index (χ2v) is 5.39. The van der Waals surface area contributed by atoms with E-state index in [1.54, 1.807) is 7.11 Å². The third kappa shape index (κ3) is 3.36. The first kappa shape index (κ1) is 14.5. The van der Waals surface area contributed by atoms with E-state index in [0.717, 1.165) is 23.3 Å². The largest absolute Gasteiger partial charge is 0.382 e. The number of hydrogen-bond acceptors (Lipinski definition) is 5. The zero-order chi connectivity index (χ0) is 14.6. The lowest BCUT2D eigenvalue weighted by molar-refractivity contribution is 0.158. The monoisotopic (exact) mass is 274 g/mol. The van der Waals surface area contributed by atoms with Crippen molar-refractivity contribution in [3.8, 4) is 0 Å². The van der Waals surface area contributed by atoms with E-state index in [-0.39, 0.29) is 5.54 Å². The van der Waals surface area contributed by atoms with Crippen LogP contribution in [0.1, 0.15) is 20.8 Å². The molecule has 5 nitrogen and oxygen atoms in total. The predicted octanol–water partition coefficient (Wildman–Crippen LogP) is 2.90. The summed E-state index contributed by atoms with van der Waals surface area (Å²) in [6.07, 6.45) is 0. The molecule has 1 heterocycles. The number of ether oxygens (including phenoxy) is 1. The zero-order valence-corrected chi connectivity index (χ0v) is 12.5. The summed E-state index contributed by atoms with van der Waals surface area (Å²) in [6.45, 7) is 7.59. The van der Waals surface area contributed by atoms with Gasteiger partial charge in [-0.3, -0.25) is 0 Å². The maximum Gasteiger partial charge on any atom is 0.225 e.